The summed E-state index contributed by atoms with van der Waals surface area (Å²) in [4.78, 5) is -0.315. The molecule has 108 valence electrons. The molecule has 1 rings (SSSR count). The van der Waals surface area contributed by atoms with E-state index in [-0.39, 0.29) is 11.4 Å². The maximum absolute atomic E-state index is 13.7. The molecule has 2 N–H and O–H groups in total. The highest BCUT2D eigenvalue weighted by atomic mass is 32.2. The number of rotatable bonds is 8. The zero-order valence-electron chi connectivity index (χ0n) is 11.1. The van der Waals surface area contributed by atoms with Crippen LogP contribution in [0.3, 0.4) is 0 Å². The lowest BCUT2D eigenvalue weighted by molar-refractivity contribution is 0.199. The molecule has 0 heterocycles. The van der Waals surface area contributed by atoms with Crippen molar-refractivity contribution in [1.29, 1.82) is 0 Å². The number of methoxy groups -OCH3 is 1. The largest absolute Gasteiger partial charge is 0.383 e. The summed E-state index contributed by atoms with van der Waals surface area (Å²) in [6.45, 7) is 3.37. The van der Waals surface area contributed by atoms with Crippen molar-refractivity contribution in [3.05, 3.63) is 29.6 Å². The molecular weight excluding hydrogens is 271 g/mol. The lowest BCUT2D eigenvalue weighted by Gasteiger charge is -2.09. The van der Waals surface area contributed by atoms with Crippen LogP contribution in [-0.4, -0.2) is 41.8 Å². The van der Waals surface area contributed by atoms with Crippen molar-refractivity contribution < 1.29 is 17.5 Å². The van der Waals surface area contributed by atoms with Crippen LogP contribution in [0.2, 0.25) is 0 Å². The van der Waals surface area contributed by atoms with E-state index < -0.39 is 15.8 Å². The first-order valence-electron chi connectivity index (χ1n) is 5.93. The molecule has 0 spiro atoms. The van der Waals surface area contributed by atoms with Crippen LogP contribution in [-0.2, 0) is 14.8 Å². The number of nitrogens with one attached hydrogen (secondary N) is 2. The molecule has 1 aromatic rings. The van der Waals surface area contributed by atoms with Crippen molar-refractivity contribution in [3.63, 3.8) is 0 Å². The zero-order chi connectivity index (χ0) is 14.3. The maximum Gasteiger partial charge on any atom is 0.243 e. The Morgan fingerprint density at radius 1 is 1.26 bits per heavy atom. The van der Waals surface area contributed by atoms with Gasteiger partial charge in [0.15, 0.2) is 0 Å². The lowest BCUT2D eigenvalue weighted by Crippen LogP contribution is -2.33. The molecule has 0 atom stereocenters. The van der Waals surface area contributed by atoms with Gasteiger partial charge in [0.25, 0.3) is 0 Å². The average Bonchev–Trinajstić information content (AvgIpc) is 2.36. The van der Waals surface area contributed by atoms with Crippen molar-refractivity contribution in [2.75, 3.05) is 33.4 Å². The van der Waals surface area contributed by atoms with E-state index in [1.165, 1.54) is 25.1 Å². The second-order valence-electron chi connectivity index (χ2n) is 4.03. The van der Waals surface area contributed by atoms with E-state index in [0.29, 0.717) is 25.3 Å². The predicted molar refractivity (Wildman–Crippen MR) is 71.1 cm³/mol. The number of hydrogen-bond donors (Lipinski definition) is 2. The molecule has 0 fully saturated rings. The third-order valence-electron chi connectivity index (χ3n) is 2.52. The highest BCUT2D eigenvalue weighted by Crippen LogP contribution is 2.16. The summed E-state index contributed by atoms with van der Waals surface area (Å²) in [6, 6.07) is 4.30. The maximum atomic E-state index is 13.7. The van der Waals surface area contributed by atoms with Gasteiger partial charge < -0.3 is 10.1 Å². The van der Waals surface area contributed by atoms with Gasteiger partial charge in [-0.2, -0.15) is 0 Å². The molecule has 7 heteroatoms. The number of sulfonamides is 1. The summed E-state index contributed by atoms with van der Waals surface area (Å²) in [5.74, 6) is -0.706. The Bertz CT molecular complexity index is 506. The molecule has 0 saturated heterocycles. The fourth-order valence-corrected chi connectivity index (χ4v) is 2.66. The van der Waals surface area contributed by atoms with Crippen molar-refractivity contribution >= 4 is 10.0 Å². The summed E-state index contributed by atoms with van der Waals surface area (Å²) >= 11 is 0. The molecule has 0 aromatic heterocycles. The van der Waals surface area contributed by atoms with Crippen molar-refractivity contribution in [3.8, 4) is 0 Å². The Labute approximate surface area is 113 Å². The number of hydrogen-bond acceptors (Lipinski definition) is 4. The van der Waals surface area contributed by atoms with Gasteiger partial charge in [0, 0.05) is 26.7 Å². The number of benzene rings is 1. The molecule has 0 aliphatic rings. The number of ether oxygens (including phenoxy) is 1. The van der Waals surface area contributed by atoms with Crippen LogP contribution in [0.1, 0.15) is 5.56 Å². The van der Waals surface area contributed by atoms with Crippen molar-refractivity contribution in [2.24, 2.45) is 0 Å². The summed E-state index contributed by atoms with van der Waals surface area (Å²) in [5, 5.41) is 2.99. The molecule has 0 radical (unpaired) electrons. The molecule has 0 unspecified atom stereocenters. The van der Waals surface area contributed by atoms with Gasteiger partial charge in [0.2, 0.25) is 10.0 Å². The highest BCUT2D eigenvalue weighted by Gasteiger charge is 2.19. The van der Waals surface area contributed by atoms with Gasteiger partial charge in [0.1, 0.15) is 10.7 Å². The van der Waals surface area contributed by atoms with Gasteiger partial charge >= 0.3 is 0 Å². The van der Waals surface area contributed by atoms with E-state index in [0.717, 1.165) is 0 Å². The minimum Gasteiger partial charge on any atom is -0.383 e. The first-order chi connectivity index (χ1) is 8.99. The first-order valence-corrected chi connectivity index (χ1v) is 7.42. The fraction of sp³-hybridized carbons (Fsp3) is 0.500. The molecule has 5 nitrogen and oxygen atoms in total. The van der Waals surface area contributed by atoms with Crippen LogP contribution in [0.15, 0.2) is 23.1 Å². The average molecular weight is 290 g/mol. The Morgan fingerprint density at radius 2 is 2.00 bits per heavy atom. The van der Waals surface area contributed by atoms with Gasteiger partial charge in [-0.1, -0.05) is 12.1 Å². The van der Waals surface area contributed by atoms with Crippen LogP contribution in [0.25, 0.3) is 0 Å². The standard InChI is InChI=1S/C12H19FN2O3S/c1-10-4-3-5-11(12(10)13)19(16,17)15-7-6-14-8-9-18-2/h3-5,14-15H,6-9H2,1-2H3. The molecule has 0 aliphatic heterocycles. The van der Waals surface area contributed by atoms with Crippen LogP contribution >= 0.6 is 0 Å². The van der Waals surface area contributed by atoms with Crippen molar-refractivity contribution in [2.45, 2.75) is 11.8 Å². The van der Waals surface area contributed by atoms with Crippen molar-refractivity contribution in [1.82, 2.24) is 10.0 Å². The third-order valence-corrected chi connectivity index (χ3v) is 4.00. The Balaban J connectivity index is 2.54. The molecule has 0 saturated carbocycles. The van der Waals surface area contributed by atoms with Gasteiger partial charge in [-0.05, 0) is 18.6 Å². The smallest absolute Gasteiger partial charge is 0.243 e. The summed E-state index contributed by atoms with van der Waals surface area (Å²) in [5.41, 5.74) is 0.307. The first kappa shape index (κ1) is 16.0. The molecule has 0 bridgehead atoms. The second-order valence-corrected chi connectivity index (χ2v) is 5.76. The van der Waals surface area contributed by atoms with E-state index in [4.69, 9.17) is 4.74 Å². The van der Waals surface area contributed by atoms with E-state index in [1.807, 2.05) is 0 Å². The quantitative estimate of drug-likeness (QED) is 0.690. The monoisotopic (exact) mass is 290 g/mol. The Kier molecular flexibility index (Phi) is 6.36. The fourth-order valence-electron chi connectivity index (χ4n) is 1.48. The Hall–Kier alpha value is -1.02. The van der Waals surface area contributed by atoms with Crippen LogP contribution < -0.4 is 10.0 Å². The molecule has 19 heavy (non-hydrogen) atoms. The van der Waals surface area contributed by atoms with Crippen LogP contribution in [0, 0.1) is 12.7 Å². The van der Waals surface area contributed by atoms with E-state index in [9.17, 15) is 12.8 Å². The SMILES string of the molecule is COCCNCCNS(=O)(=O)c1cccc(C)c1F. The summed E-state index contributed by atoms with van der Waals surface area (Å²) in [6.07, 6.45) is 0. The van der Waals surface area contributed by atoms with Gasteiger partial charge in [0.05, 0.1) is 6.61 Å². The third kappa shape index (κ3) is 4.87. The van der Waals surface area contributed by atoms with Crippen LogP contribution in [0.5, 0.6) is 0 Å². The van der Waals surface area contributed by atoms with Gasteiger partial charge in [-0.15, -0.1) is 0 Å². The van der Waals surface area contributed by atoms with Crippen LogP contribution in [0.4, 0.5) is 4.39 Å². The second kappa shape index (κ2) is 7.54. The topological polar surface area (TPSA) is 67.4 Å². The van der Waals surface area contributed by atoms with E-state index in [2.05, 4.69) is 10.0 Å². The normalized spacial score (nSPS) is 11.7. The molecule has 0 aliphatic carbocycles. The zero-order valence-corrected chi connectivity index (χ0v) is 11.9. The predicted octanol–water partition coefficient (Wildman–Crippen LogP) is 0.648. The summed E-state index contributed by atoms with van der Waals surface area (Å²) in [7, 11) is -2.21. The van der Waals surface area contributed by atoms with Gasteiger partial charge in [-0.3, -0.25) is 0 Å². The Morgan fingerprint density at radius 3 is 2.68 bits per heavy atom. The minimum absolute atomic E-state index is 0.194. The van der Waals surface area contributed by atoms with E-state index in [1.54, 1.807) is 7.11 Å². The molecule has 1 aromatic carbocycles. The van der Waals surface area contributed by atoms with E-state index >= 15 is 0 Å². The molecule has 0 amide bonds. The van der Waals surface area contributed by atoms with Gasteiger partial charge in [-0.25, -0.2) is 17.5 Å². The highest BCUT2D eigenvalue weighted by molar-refractivity contribution is 7.89. The lowest BCUT2D eigenvalue weighted by atomic mass is 10.2. The minimum atomic E-state index is -3.80. The summed E-state index contributed by atoms with van der Waals surface area (Å²) < 4.78 is 44.7. The number of aryl methyl sites for hydroxylation is 1. The molecular formula is C12H19FN2O3S. The number of halogens is 1.